The SMILES string of the molecule is C=C(C)CC(C)(C)COC(=O)c1ccccc1. The molecule has 17 heavy (non-hydrogen) atoms. The fourth-order valence-corrected chi connectivity index (χ4v) is 1.79. The predicted octanol–water partition coefficient (Wildman–Crippen LogP) is 3.84. The number of esters is 1. The molecule has 0 spiro atoms. The van der Waals surface area contributed by atoms with Crippen molar-refractivity contribution >= 4 is 5.97 Å². The van der Waals surface area contributed by atoms with Crippen LogP contribution in [0.5, 0.6) is 0 Å². The van der Waals surface area contributed by atoms with Gasteiger partial charge in [-0.2, -0.15) is 0 Å². The smallest absolute Gasteiger partial charge is 0.338 e. The molecule has 0 radical (unpaired) electrons. The largest absolute Gasteiger partial charge is 0.462 e. The van der Waals surface area contributed by atoms with Gasteiger partial charge < -0.3 is 4.74 Å². The van der Waals surface area contributed by atoms with Crippen LogP contribution >= 0.6 is 0 Å². The van der Waals surface area contributed by atoms with E-state index in [1.807, 2.05) is 25.1 Å². The van der Waals surface area contributed by atoms with E-state index in [2.05, 4.69) is 20.4 Å². The van der Waals surface area contributed by atoms with Crippen molar-refractivity contribution in [2.75, 3.05) is 6.61 Å². The van der Waals surface area contributed by atoms with Crippen molar-refractivity contribution in [1.82, 2.24) is 0 Å². The lowest BCUT2D eigenvalue weighted by Crippen LogP contribution is -2.22. The third-order valence-electron chi connectivity index (χ3n) is 2.38. The van der Waals surface area contributed by atoms with Gasteiger partial charge in [0.05, 0.1) is 12.2 Å². The first kappa shape index (κ1) is 13.5. The van der Waals surface area contributed by atoms with Crippen LogP contribution in [-0.2, 0) is 4.74 Å². The molecule has 0 aliphatic carbocycles. The minimum Gasteiger partial charge on any atom is -0.462 e. The van der Waals surface area contributed by atoms with Gasteiger partial charge in [0.2, 0.25) is 0 Å². The molecule has 0 N–H and O–H groups in total. The van der Waals surface area contributed by atoms with Gasteiger partial charge in [0.25, 0.3) is 0 Å². The maximum absolute atomic E-state index is 11.7. The lowest BCUT2D eigenvalue weighted by molar-refractivity contribution is 0.0341. The van der Waals surface area contributed by atoms with Crippen LogP contribution < -0.4 is 0 Å². The van der Waals surface area contributed by atoms with Crippen molar-refractivity contribution in [2.45, 2.75) is 27.2 Å². The van der Waals surface area contributed by atoms with E-state index < -0.39 is 0 Å². The van der Waals surface area contributed by atoms with Gasteiger partial charge >= 0.3 is 5.97 Å². The van der Waals surface area contributed by atoms with Crippen LogP contribution in [0.1, 0.15) is 37.6 Å². The number of allylic oxidation sites excluding steroid dienone is 1. The lowest BCUT2D eigenvalue weighted by atomic mass is 9.87. The fourth-order valence-electron chi connectivity index (χ4n) is 1.79. The molecular formula is C15H20O2. The van der Waals surface area contributed by atoms with E-state index in [0.29, 0.717) is 12.2 Å². The third-order valence-corrected chi connectivity index (χ3v) is 2.38. The molecule has 2 heteroatoms. The molecule has 0 bridgehead atoms. The number of benzene rings is 1. The Morgan fingerprint density at radius 3 is 2.41 bits per heavy atom. The quantitative estimate of drug-likeness (QED) is 0.569. The normalized spacial score (nSPS) is 11.0. The van der Waals surface area contributed by atoms with Gasteiger partial charge in [-0.25, -0.2) is 4.79 Å². The van der Waals surface area contributed by atoms with Gasteiger partial charge in [-0.05, 0) is 25.5 Å². The minimum atomic E-state index is -0.264. The van der Waals surface area contributed by atoms with Crippen LogP contribution in [0.4, 0.5) is 0 Å². The summed E-state index contributed by atoms with van der Waals surface area (Å²) in [4.78, 5) is 11.7. The molecule has 1 rings (SSSR count). The highest BCUT2D eigenvalue weighted by atomic mass is 16.5. The molecule has 2 nitrogen and oxygen atoms in total. The first-order valence-electron chi connectivity index (χ1n) is 5.77. The number of hydrogen-bond acceptors (Lipinski definition) is 2. The molecule has 1 aromatic carbocycles. The summed E-state index contributed by atoms with van der Waals surface area (Å²) in [5.41, 5.74) is 1.64. The molecule has 92 valence electrons. The van der Waals surface area contributed by atoms with E-state index in [9.17, 15) is 4.79 Å². The third kappa shape index (κ3) is 4.85. The van der Waals surface area contributed by atoms with E-state index in [1.54, 1.807) is 12.1 Å². The van der Waals surface area contributed by atoms with E-state index in [4.69, 9.17) is 4.74 Å². The average Bonchev–Trinajstić information content (AvgIpc) is 2.25. The van der Waals surface area contributed by atoms with E-state index in [1.165, 1.54) is 0 Å². The molecule has 0 unspecified atom stereocenters. The molecule has 0 aliphatic rings. The summed E-state index contributed by atoms with van der Waals surface area (Å²) < 4.78 is 5.31. The Balaban J connectivity index is 2.51. The Morgan fingerprint density at radius 2 is 1.88 bits per heavy atom. The van der Waals surface area contributed by atoms with E-state index >= 15 is 0 Å². The molecule has 1 aromatic rings. The Bertz CT molecular complexity index is 391. The molecule has 0 atom stereocenters. The first-order valence-corrected chi connectivity index (χ1v) is 5.77. The molecule has 0 fully saturated rings. The number of hydrogen-bond donors (Lipinski definition) is 0. The van der Waals surface area contributed by atoms with Crippen LogP contribution in [0, 0.1) is 5.41 Å². The summed E-state index contributed by atoms with van der Waals surface area (Å²) >= 11 is 0. The summed E-state index contributed by atoms with van der Waals surface area (Å²) in [5.74, 6) is -0.264. The van der Waals surface area contributed by atoms with Crippen LogP contribution in [0.3, 0.4) is 0 Å². The van der Waals surface area contributed by atoms with Crippen molar-refractivity contribution in [3.8, 4) is 0 Å². The van der Waals surface area contributed by atoms with Gasteiger partial charge in [0.15, 0.2) is 0 Å². The number of carbonyl (C=O) groups excluding carboxylic acids is 1. The summed E-state index contributed by atoms with van der Waals surface area (Å²) in [6, 6.07) is 9.05. The van der Waals surface area contributed by atoms with Gasteiger partial charge in [-0.15, -0.1) is 6.58 Å². The van der Waals surface area contributed by atoms with Gasteiger partial charge in [0.1, 0.15) is 0 Å². The van der Waals surface area contributed by atoms with E-state index in [0.717, 1.165) is 12.0 Å². The molecule has 0 amide bonds. The maximum atomic E-state index is 11.7. The zero-order valence-electron chi connectivity index (χ0n) is 10.8. The van der Waals surface area contributed by atoms with Gasteiger partial charge in [-0.1, -0.05) is 37.6 Å². The minimum absolute atomic E-state index is 0.0593. The number of ether oxygens (including phenoxy) is 1. The Labute approximate surface area is 103 Å². The fraction of sp³-hybridized carbons (Fsp3) is 0.400. The second-order valence-electron chi connectivity index (χ2n) is 5.24. The topological polar surface area (TPSA) is 26.3 Å². The van der Waals surface area contributed by atoms with Crippen LogP contribution in [0.2, 0.25) is 0 Å². The predicted molar refractivity (Wildman–Crippen MR) is 69.9 cm³/mol. The highest BCUT2D eigenvalue weighted by Gasteiger charge is 2.20. The van der Waals surface area contributed by atoms with Crippen LogP contribution in [-0.4, -0.2) is 12.6 Å². The molecule has 0 heterocycles. The standard InChI is InChI=1S/C15H20O2/c1-12(2)10-15(3,4)11-17-14(16)13-8-6-5-7-9-13/h5-9H,1,10-11H2,2-4H3. The highest BCUT2D eigenvalue weighted by molar-refractivity contribution is 5.89. The molecule has 0 saturated carbocycles. The van der Waals surface area contributed by atoms with Crippen LogP contribution in [0.25, 0.3) is 0 Å². The zero-order valence-corrected chi connectivity index (χ0v) is 10.8. The molecular weight excluding hydrogens is 212 g/mol. The summed E-state index contributed by atoms with van der Waals surface area (Å²) in [7, 11) is 0. The molecule has 0 saturated heterocycles. The van der Waals surface area contributed by atoms with Crippen molar-refractivity contribution in [1.29, 1.82) is 0 Å². The van der Waals surface area contributed by atoms with Gasteiger partial charge in [0, 0.05) is 5.41 Å². The number of rotatable bonds is 5. The van der Waals surface area contributed by atoms with Crippen LogP contribution in [0.15, 0.2) is 42.5 Å². The van der Waals surface area contributed by atoms with Crippen molar-refractivity contribution < 1.29 is 9.53 Å². The summed E-state index contributed by atoms with van der Waals surface area (Å²) in [5, 5.41) is 0. The van der Waals surface area contributed by atoms with Gasteiger partial charge in [-0.3, -0.25) is 0 Å². The summed E-state index contributed by atoms with van der Waals surface area (Å²) in [6.07, 6.45) is 0.856. The second kappa shape index (κ2) is 5.67. The Hall–Kier alpha value is -1.57. The highest BCUT2D eigenvalue weighted by Crippen LogP contribution is 2.24. The van der Waals surface area contributed by atoms with Crippen molar-refractivity contribution in [3.05, 3.63) is 48.0 Å². The van der Waals surface area contributed by atoms with Crippen molar-refractivity contribution in [2.24, 2.45) is 5.41 Å². The van der Waals surface area contributed by atoms with Crippen molar-refractivity contribution in [3.63, 3.8) is 0 Å². The Morgan fingerprint density at radius 1 is 1.29 bits per heavy atom. The lowest BCUT2D eigenvalue weighted by Gasteiger charge is -2.24. The number of carbonyl (C=O) groups is 1. The molecule has 0 aromatic heterocycles. The first-order chi connectivity index (χ1) is 7.91. The second-order valence-corrected chi connectivity index (χ2v) is 5.24. The van der Waals surface area contributed by atoms with E-state index in [-0.39, 0.29) is 11.4 Å². The Kier molecular flexibility index (Phi) is 4.50. The molecule has 0 aliphatic heterocycles. The maximum Gasteiger partial charge on any atom is 0.338 e. The monoisotopic (exact) mass is 232 g/mol. The average molecular weight is 232 g/mol. The summed E-state index contributed by atoms with van der Waals surface area (Å²) in [6.45, 7) is 10.4. The zero-order chi connectivity index (χ0) is 12.9.